The molecule has 0 saturated heterocycles. The SMILES string of the molecule is CC1(C)C2=C(c3c4ccccc4c(-c4cccc5c4ccc4cc6ccccc6cc45)c4ccccc34)CCC=C2c2c1ccc1ccccc21.CC1(C)c2ccc3ccccc3c2-c2cccc(-c3c4ccccc4c(-c4cccc5ccccc45)c4ccccc34)c21.CC1(C)c2ccc3ccccc3c2-c2cccc(-c3c4ccccc4c(-c4ccccc4-c4cc5ccccc5c5ccccc45)c4ccccc34)c21. The van der Waals surface area contributed by atoms with Crippen molar-refractivity contribution in [2.75, 3.05) is 0 Å². The smallest absolute Gasteiger partial charge is 0.0165 e. The summed E-state index contributed by atoms with van der Waals surface area (Å²) in [6, 6.07) is 179. The maximum atomic E-state index is 2.53. The average molecular weight is 1870 g/mol. The molecule has 0 spiro atoms. The molecule has 147 heavy (non-hydrogen) atoms. The zero-order valence-corrected chi connectivity index (χ0v) is 83.1. The molecular formula is C147H102. The molecule has 0 heteroatoms. The average Bonchev–Trinajstić information content (AvgIpc) is 1.63. The fourth-order valence-corrected chi connectivity index (χ4v) is 27.7. The van der Waals surface area contributed by atoms with Gasteiger partial charge in [-0.2, -0.15) is 0 Å². The fourth-order valence-electron chi connectivity index (χ4n) is 27.7. The molecule has 690 valence electrons. The number of rotatable bonds is 7. The highest BCUT2D eigenvalue weighted by molar-refractivity contribution is 6.30. The quantitative estimate of drug-likeness (QED) is 0.110. The molecule has 0 aromatic heterocycles. The Bertz CT molecular complexity index is 10300. The summed E-state index contributed by atoms with van der Waals surface area (Å²) in [6.45, 7) is 14.5. The molecule has 0 radical (unpaired) electrons. The van der Waals surface area contributed by atoms with Crippen molar-refractivity contribution >= 4 is 173 Å². The van der Waals surface area contributed by atoms with Gasteiger partial charge in [-0.3, -0.25) is 0 Å². The molecule has 0 saturated carbocycles. The van der Waals surface area contributed by atoms with Gasteiger partial charge >= 0.3 is 0 Å². The first kappa shape index (κ1) is 86.0. The van der Waals surface area contributed by atoms with E-state index < -0.39 is 0 Å². The lowest BCUT2D eigenvalue weighted by Gasteiger charge is -2.30. The van der Waals surface area contributed by atoms with Crippen LogP contribution in [0.5, 0.6) is 0 Å². The summed E-state index contributed by atoms with van der Waals surface area (Å²) >= 11 is 0. The summed E-state index contributed by atoms with van der Waals surface area (Å²) in [4.78, 5) is 0. The van der Waals surface area contributed by atoms with Gasteiger partial charge in [-0.25, -0.2) is 0 Å². The van der Waals surface area contributed by atoms with Crippen LogP contribution >= 0.6 is 0 Å². The van der Waals surface area contributed by atoms with Gasteiger partial charge in [-0.1, -0.05) is 509 Å². The molecule has 0 fully saturated rings. The second-order valence-corrected chi connectivity index (χ2v) is 42.6. The number of hydrogen-bond acceptors (Lipinski definition) is 0. The Balaban J connectivity index is 0.000000105. The fraction of sp³-hybridized carbons (Fsp3) is 0.0748. The molecule has 4 aliphatic rings. The van der Waals surface area contributed by atoms with Gasteiger partial charge in [-0.05, 0) is 337 Å². The number of fused-ring (bicyclic) bond motifs is 29. The van der Waals surface area contributed by atoms with Gasteiger partial charge in [0.2, 0.25) is 0 Å². The van der Waals surface area contributed by atoms with Crippen LogP contribution in [0.2, 0.25) is 0 Å². The molecule has 0 atom stereocenters. The van der Waals surface area contributed by atoms with Crippen LogP contribution in [0, 0.1) is 0 Å². The van der Waals surface area contributed by atoms with Crippen LogP contribution in [0.4, 0.5) is 0 Å². The molecule has 0 bridgehead atoms. The molecule has 0 nitrogen and oxygen atoms in total. The van der Waals surface area contributed by atoms with Crippen LogP contribution in [-0.2, 0) is 16.2 Å². The normalized spacial score (nSPS) is 14.0. The van der Waals surface area contributed by atoms with Crippen LogP contribution in [0.25, 0.3) is 262 Å². The molecular weight excluding hydrogens is 1770 g/mol. The van der Waals surface area contributed by atoms with Gasteiger partial charge in [-0.15, -0.1) is 0 Å². The van der Waals surface area contributed by atoms with E-state index >= 15 is 0 Å². The molecule has 0 unspecified atom stereocenters. The summed E-state index contributed by atoms with van der Waals surface area (Å²) < 4.78 is 0. The Kier molecular flexibility index (Phi) is 19.4. The van der Waals surface area contributed by atoms with Crippen molar-refractivity contribution in [2.45, 2.75) is 70.6 Å². The summed E-state index contributed by atoms with van der Waals surface area (Å²) in [5.41, 5.74) is 35.0. The van der Waals surface area contributed by atoms with Crippen LogP contribution in [0.3, 0.4) is 0 Å². The van der Waals surface area contributed by atoms with Crippen molar-refractivity contribution in [1.29, 1.82) is 0 Å². The van der Waals surface area contributed by atoms with Gasteiger partial charge in [0.05, 0.1) is 0 Å². The minimum absolute atomic E-state index is 0.108. The van der Waals surface area contributed by atoms with E-state index in [4.69, 9.17) is 0 Å². The van der Waals surface area contributed by atoms with Crippen molar-refractivity contribution in [2.24, 2.45) is 0 Å². The summed E-state index contributed by atoms with van der Waals surface area (Å²) in [7, 11) is 0. The van der Waals surface area contributed by atoms with E-state index in [1.54, 1.807) is 0 Å². The second kappa shape index (κ2) is 33.2. The minimum Gasteiger partial charge on any atom is -0.0760 e. The van der Waals surface area contributed by atoms with E-state index in [-0.39, 0.29) is 16.2 Å². The van der Waals surface area contributed by atoms with Crippen molar-refractivity contribution in [3.63, 3.8) is 0 Å². The summed E-state index contributed by atoms with van der Waals surface area (Å²) in [6.07, 6.45) is 4.61. The first-order valence-corrected chi connectivity index (χ1v) is 52.2. The van der Waals surface area contributed by atoms with E-state index in [9.17, 15) is 0 Å². The van der Waals surface area contributed by atoms with Gasteiger partial charge in [0.25, 0.3) is 0 Å². The maximum Gasteiger partial charge on any atom is 0.0165 e. The number of allylic oxidation sites excluding steroid dienone is 4. The molecule has 31 rings (SSSR count). The Hall–Kier alpha value is -17.7. The van der Waals surface area contributed by atoms with Crippen LogP contribution in [0.1, 0.15) is 93.3 Å². The highest BCUT2D eigenvalue weighted by Gasteiger charge is 2.45. The maximum absolute atomic E-state index is 2.53. The highest BCUT2D eigenvalue weighted by atomic mass is 14.5. The lowest BCUT2D eigenvalue weighted by molar-refractivity contribution is 0.659. The van der Waals surface area contributed by atoms with Crippen molar-refractivity contribution < 1.29 is 0 Å². The van der Waals surface area contributed by atoms with Gasteiger partial charge in [0, 0.05) is 16.2 Å². The molecule has 27 aromatic rings. The largest absolute Gasteiger partial charge is 0.0760 e. The predicted molar refractivity (Wildman–Crippen MR) is 633 cm³/mol. The van der Waals surface area contributed by atoms with Gasteiger partial charge in [0.1, 0.15) is 0 Å². The van der Waals surface area contributed by atoms with Crippen molar-refractivity contribution in [3.05, 3.63) is 530 Å². The topological polar surface area (TPSA) is 0 Å². The van der Waals surface area contributed by atoms with E-state index in [1.165, 1.54) is 306 Å². The highest BCUT2D eigenvalue weighted by Crippen LogP contribution is 2.63. The van der Waals surface area contributed by atoms with E-state index in [0.29, 0.717) is 0 Å². The lowest BCUT2D eigenvalue weighted by Crippen LogP contribution is -2.18. The predicted octanol–water partition coefficient (Wildman–Crippen LogP) is 40.9. The van der Waals surface area contributed by atoms with E-state index in [2.05, 4.69) is 527 Å². The first-order chi connectivity index (χ1) is 72.3. The Labute approximate surface area is 855 Å². The molecule has 0 amide bonds. The third kappa shape index (κ3) is 12.9. The standard InChI is InChI=1S/C53H36.C51H36.C43H30/c1-53(2)48-31-30-33-16-3-6-19-36(33)51(48)46-29-15-28-45(52(46)53)50-43-26-13-11-24-41(43)49(42-25-12-14-27-44(42)50)40-23-10-9-22-39(40)47-32-34-17-4-5-18-35(34)37-20-7-8-21-38(37)47;1-51(2)46-28-26-31-13-5-6-16-35(31)49(46)44-24-12-23-43(50(44)51)48-41-19-9-7-17-39(41)47(40-18-8-10-20-42(40)48)38-22-11-21-36-37(38)27-25-34-29-32-14-3-4-15-33(32)30-45(34)36;1-43(2)38-26-25-28-14-4-6-17-30(28)41(38)37-24-12-23-36(42(37)43)40-34-20-9-7-18-32(34)39(33-19-8-10-21-35(33)40)31-22-11-15-27-13-3-5-16-29(27)31/h3-32H,1-2H3;3-11,13-22,24-30H,12,23H2,1-2H3;3-26H,1-2H3. The van der Waals surface area contributed by atoms with E-state index in [0.717, 1.165) is 12.8 Å². The van der Waals surface area contributed by atoms with Crippen LogP contribution < -0.4 is 0 Å². The Morgan fingerprint density at radius 3 is 0.891 bits per heavy atom. The van der Waals surface area contributed by atoms with Crippen molar-refractivity contribution in [3.8, 4) is 89.0 Å². The Morgan fingerprint density at radius 2 is 0.422 bits per heavy atom. The third-order valence-electron chi connectivity index (χ3n) is 33.9. The zero-order chi connectivity index (χ0) is 97.8. The van der Waals surface area contributed by atoms with Crippen LogP contribution in [0.15, 0.2) is 491 Å². The Morgan fingerprint density at radius 1 is 0.150 bits per heavy atom. The van der Waals surface area contributed by atoms with Gasteiger partial charge < -0.3 is 0 Å². The summed E-state index contributed by atoms with van der Waals surface area (Å²) in [5.74, 6) is 0. The lowest BCUT2D eigenvalue weighted by atomic mass is 9.73. The number of hydrogen-bond donors (Lipinski definition) is 0. The zero-order valence-electron chi connectivity index (χ0n) is 83.1. The van der Waals surface area contributed by atoms with Crippen molar-refractivity contribution in [1.82, 2.24) is 0 Å². The molecule has 0 aliphatic heterocycles. The second-order valence-electron chi connectivity index (χ2n) is 42.6. The molecule has 27 aromatic carbocycles. The first-order valence-electron chi connectivity index (χ1n) is 52.2. The number of benzene rings is 27. The molecule has 0 N–H and O–H groups in total. The van der Waals surface area contributed by atoms with E-state index in [1.807, 2.05) is 0 Å². The molecule has 4 aliphatic carbocycles. The minimum atomic E-state index is -0.171. The molecule has 0 heterocycles. The van der Waals surface area contributed by atoms with Gasteiger partial charge in [0.15, 0.2) is 0 Å². The van der Waals surface area contributed by atoms with Crippen LogP contribution in [-0.4, -0.2) is 0 Å². The monoisotopic (exact) mass is 1870 g/mol. The summed E-state index contributed by atoms with van der Waals surface area (Å²) in [5, 5.41) is 39.0. The third-order valence-corrected chi connectivity index (χ3v) is 33.9.